The fraction of sp³-hybridized carbons (Fsp3) is 0.471. The van der Waals surface area contributed by atoms with Gasteiger partial charge >= 0.3 is 0 Å². The van der Waals surface area contributed by atoms with Crippen LogP contribution in [0.2, 0.25) is 0 Å². The van der Waals surface area contributed by atoms with E-state index in [1.807, 2.05) is 30.5 Å². The highest BCUT2D eigenvalue weighted by Gasteiger charge is 2.51. The van der Waals surface area contributed by atoms with Gasteiger partial charge in [-0.2, -0.15) is 0 Å². The van der Waals surface area contributed by atoms with Crippen LogP contribution < -0.4 is 4.74 Å². The van der Waals surface area contributed by atoms with Crippen LogP contribution in [0, 0.1) is 11.3 Å². The molecule has 0 radical (unpaired) electrons. The van der Waals surface area contributed by atoms with Gasteiger partial charge in [-0.05, 0) is 12.1 Å². The van der Waals surface area contributed by atoms with Crippen LogP contribution in [0.5, 0.6) is 5.88 Å². The number of hydrogen-bond donors (Lipinski definition) is 0. The summed E-state index contributed by atoms with van der Waals surface area (Å²) in [4.78, 5) is 6.71. The molecule has 0 unspecified atom stereocenters. The number of aromatic nitrogens is 1. The highest BCUT2D eigenvalue weighted by Crippen LogP contribution is 2.42. The van der Waals surface area contributed by atoms with Crippen LogP contribution >= 0.6 is 0 Å². The first-order valence-electron chi connectivity index (χ1n) is 7.69. The van der Waals surface area contributed by atoms with Gasteiger partial charge in [0.2, 0.25) is 5.88 Å². The molecule has 5 heteroatoms. The van der Waals surface area contributed by atoms with Crippen molar-refractivity contribution in [3.8, 4) is 5.88 Å². The zero-order valence-electron chi connectivity index (χ0n) is 12.5. The highest BCUT2D eigenvalue weighted by molar-refractivity contribution is 5.11. The van der Waals surface area contributed by atoms with E-state index in [0.29, 0.717) is 18.4 Å². The minimum atomic E-state index is 0.0846. The number of furan rings is 1. The van der Waals surface area contributed by atoms with Crippen LogP contribution in [-0.2, 0) is 11.3 Å². The van der Waals surface area contributed by atoms with E-state index in [9.17, 15) is 0 Å². The van der Waals surface area contributed by atoms with E-state index >= 15 is 0 Å². The number of hydrogen-bond acceptors (Lipinski definition) is 5. The molecule has 4 heterocycles. The Morgan fingerprint density at radius 3 is 3.18 bits per heavy atom. The van der Waals surface area contributed by atoms with E-state index in [4.69, 9.17) is 13.9 Å². The summed E-state index contributed by atoms with van der Waals surface area (Å²) in [6.07, 6.45) is 5.31. The molecule has 5 nitrogen and oxygen atoms in total. The van der Waals surface area contributed by atoms with E-state index < -0.39 is 0 Å². The van der Waals surface area contributed by atoms with Crippen molar-refractivity contribution in [2.45, 2.75) is 6.54 Å². The average Bonchev–Trinajstić information content (AvgIpc) is 3.23. The Kier molecular flexibility index (Phi) is 3.60. The van der Waals surface area contributed by atoms with Gasteiger partial charge in [0.15, 0.2) is 0 Å². The monoisotopic (exact) mass is 300 g/mol. The molecule has 0 N–H and O–H groups in total. The molecule has 2 aliphatic rings. The standard InChI is InChI=1S/C17H20N2O3/c1-2-5-18-16(3-1)22-13-17-11-19(7-14-4-6-20-9-14)8-15(17)10-21-12-17/h1-6,9,15H,7-8,10-13H2/t15-,17+/m1/s1. The maximum Gasteiger partial charge on any atom is 0.213 e. The van der Waals surface area contributed by atoms with Crippen LogP contribution in [0.3, 0.4) is 0 Å². The summed E-state index contributed by atoms with van der Waals surface area (Å²) < 4.78 is 16.8. The molecule has 22 heavy (non-hydrogen) atoms. The van der Waals surface area contributed by atoms with E-state index in [1.54, 1.807) is 12.5 Å². The first-order chi connectivity index (χ1) is 10.8. The molecule has 4 rings (SSSR count). The van der Waals surface area contributed by atoms with Crippen LogP contribution in [-0.4, -0.2) is 42.8 Å². The molecule has 0 bridgehead atoms. The number of nitrogens with zero attached hydrogens (tertiary/aromatic N) is 2. The first kappa shape index (κ1) is 13.8. The molecule has 2 saturated heterocycles. The second-order valence-electron chi connectivity index (χ2n) is 6.33. The molecule has 0 aliphatic carbocycles. The lowest BCUT2D eigenvalue weighted by Crippen LogP contribution is -2.37. The van der Waals surface area contributed by atoms with Crippen LogP contribution in [0.25, 0.3) is 0 Å². The van der Waals surface area contributed by atoms with Crippen molar-refractivity contribution >= 4 is 0 Å². The molecule has 2 aliphatic heterocycles. The smallest absolute Gasteiger partial charge is 0.213 e. The van der Waals surface area contributed by atoms with Gasteiger partial charge in [0.1, 0.15) is 0 Å². The summed E-state index contributed by atoms with van der Waals surface area (Å²) in [6.45, 7) is 5.24. The van der Waals surface area contributed by atoms with Gasteiger partial charge in [-0.15, -0.1) is 0 Å². The van der Waals surface area contributed by atoms with Crippen molar-refractivity contribution in [3.63, 3.8) is 0 Å². The summed E-state index contributed by atoms with van der Waals surface area (Å²) in [5.74, 6) is 1.22. The number of likely N-dealkylation sites (tertiary alicyclic amines) is 1. The molecule has 2 aromatic heterocycles. The second kappa shape index (κ2) is 5.74. The highest BCUT2D eigenvalue weighted by atomic mass is 16.5. The zero-order valence-corrected chi connectivity index (χ0v) is 12.5. The Hall–Kier alpha value is -1.85. The lowest BCUT2D eigenvalue weighted by molar-refractivity contribution is 0.0881. The molecule has 0 amide bonds. The summed E-state index contributed by atoms with van der Waals surface area (Å²) >= 11 is 0. The van der Waals surface area contributed by atoms with Gasteiger partial charge in [0, 0.05) is 48.8 Å². The van der Waals surface area contributed by atoms with Crippen molar-refractivity contribution in [1.82, 2.24) is 9.88 Å². The predicted molar refractivity (Wildman–Crippen MR) is 80.5 cm³/mol. The molecule has 2 aromatic rings. The Bertz CT molecular complexity index is 602. The molecular formula is C17H20N2O3. The second-order valence-corrected chi connectivity index (χ2v) is 6.33. The number of fused-ring (bicyclic) bond motifs is 1. The molecule has 116 valence electrons. The Morgan fingerprint density at radius 1 is 1.36 bits per heavy atom. The fourth-order valence-electron chi connectivity index (χ4n) is 3.56. The minimum Gasteiger partial charge on any atom is -0.477 e. The Morgan fingerprint density at radius 2 is 2.36 bits per heavy atom. The topological polar surface area (TPSA) is 47.7 Å². The normalized spacial score (nSPS) is 27.9. The van der Waals surface area contributed by atoms with E-state index in [-0.39, 0.29) is 5.41 Å². The SMILES string of the molecule is c1ccc(OC[C@]23COC[C@H]2CN(Cc2ccoc2)C3)nc1. The molecular weight excluding hydrogens is 280 g/mol. The number of rotatable bonds is 5. The quantitative estimate of drug-likeness (QED) is 0.847. The molecule has 0 saturated carbocycles. The first-order valence-corrected chi connectivity index (χ1v) is 7.69. The third kappa shape index (κ3) is 2.62. The maximum atomic E-state index is 5.94. The van der Waals surface area contributed by atoms with E-state index in [0.717, 1.165) is 32.8 Å². The van der Waals surface area contributed by atoms with Gasteiger partial charge in [-0.3, -0.25) is 4.90 Å². The molecule has 2 fully saturated rings. The lowest BCUT2D eigenvalue weighted by atomic mass is 9.82. The number of ether oxygens (including phenoxy) is 2. The average molecular weight is 300 g/mol. The lowest BCUT2D eigenvalue weighted by Gasteiger charge is -2.26. The van der Waals surface area contributed by atoms with E-state index in [1.165, 1.54) is 5.56 Å². The summed E-state index contributed by atoms with van der Waals surface area (Å²) in [5, 5.41) is 0. The van der Waals surface area contributed by atoms with Crippen LogP contribution in [0.1, 0.15) is 5.56 Å². The predicted octanol–water partition coefficient (Wildman–Crippen LogP) is 2.20. The maximum absolute atomic E-state index is 5.94. The van der Waals surface area contributed by atoms with Gasteiger partial charge in [0.25, 0.3) is 0 Å². The molecule has 0 spiro atoms. The van der Waals surface area contributed by atoms with Crippen LogP contribution in [0.15, 0.2) is 47.4 Å². The minimum absolute atomic E-state index is 0.0846. The van der Waals surface area contributed by atoms with Gasteiger partial charge in [0.05, 0.1) is 32.3 Å². The fourth-order valence-corrected chi connectivity index (χ4v) is 3.56. The van der Waals surface area contributed by atoms with Crippen molar-refractivity contribution in [2.24, 2.45) is 11.3 Å². The third-order valence-electron chi connectivity index (χ3n) is 4.72. The largest absolute Gasteiger partial charge is 0.477 e. The zero-order chi connectivity index (χ0) is 14.8. The van der Waals surface area contributed by atoms with Crippen molar-refractivity contribution in [2.75, 3.05) is 32.9 Å². The molecule has 2 atom stereocenters. The van der Waals surface area contributed by atoms with Crippen molar-refractivity contribution in [1.29, 1.82) is 0 Å². The Labute approximate surface area is 129 Å². The summed E-state index contributed by atoms with van der Waals surface area (Å²) in [7, 11) is 0. The molecule has 0 aromatic carbocycles. The van der Waals surface area contributed by atoms with E-state index in [2.05, 4.69) is 9.88 Å². The van der Waals surface area contributed by atoms with Crippen LogP contribution in [0.4, 0.5) is 0 Å². The van der Waals surface area contributed by atoms with Gasteiger partial charge < -0.3 is 13.9 Å². The summed E-state index contributed by atoms with van der Waals surface area (Å²) in [5.41, 5.74) is 1.31. The van der Waals surface area contributed by atoms with Gasteiger partial charge in [-0.1, -0.05) is 6.07 Å². The number of pyridine rings is 1. The van der Waals surface area contributed by atoms with Gasteiger partial charge in [-0.25, -0.2) is 4.98 Å². The van der Waals surface area contributed by atoms with Crippen molar-refractivity contribution in [3.05, 3.63) is 48.6 Å². The third-order valence-corrected chi connectivity index (χ3v) is 4.72. The summed E-state index contributed by atoms with van der Waals surface area (Å²) in [6, 6.07) is 7.78. The van der Waals surface area contributed by atoms with Crippen molar-refractivity contribution < 1.29 is 13.9 Å². The Balaban J connectivity index is 1.42.